The number of aliphatic carboxylic acids is 1. The molecule has 0 aliphatic carbocycles. The molecule has 0 aliphatic heterocycles. The molecule has 0 saturated carbocycles. The standard InChI is InChI=1S/C13H10AsCl2O3S/c15-11(16)6-8(13(18)19)14-12(17)10-5-7-3-1-2-4-9(7)20-10/h1-5,8,11H,6H2,(H,18,19)/t8-/m0/s1. The first-order valence-corrected chi connectivity index (χ1v) is 9.43. The number of benzene rings is 1. The number of thiophene rings is 1. The number of fused-ring (bicyclic) bond motifs is 1. The minimum absolute atomic E-state index is 0.0937. The number of halogens is 2. The van der Waals surface area contributed by atoms with E-state index in [9.17, 15) is 9.59 Å². The Hall–Kier alpha value is -0.542. The Morgan fingerprint density at radius 1 is 1.30 bits per heavy atom. The number of carboxylic acid groups (broad SMARTS) is 1. The van der Waals surface area contributed by atoms with Crippen molar-refractivity contribution in [2.75, 3.05) is 0 Å². The molecule has 1 aromatic carbocycles. The van der Waals surface area contributed by atoms with Crippen molar-refractivity contribution in [2.24, 2.45) is 0 Å². The fourth-order valence-corrected chi connectivity index (χ4v) is 5.92. The Morgan fingerprint density at radius 2 is 2.00 bits per heavy atom. The van der Waals surface area contributed by atoms with Crippen molar-refractivity contribution in [1.82, 2.24) is 0 Å². The molecule has 0 bridgehead atoms. The van der Waals surface area contributed by atoms with Crippen molar-refractivity contribution in [3.63, 3.8) is 0 Å². The molecule has 1 radical (unpaired) electrons. The summed E-state index contributed by atoms with van der Waals surface area (Å²) in [6, 6.07) is 9.50. The summed E-state index contributed by atoms with van der Waals surface area (Å²) in [4.78, 5) is 23.2. The predicted octanol–water partition coefficient (Wildman–Crippen LogP) is 3.81. The van der Waals surface area contributed by atoms with Crippen LogP contribution in [0, 0.1) is 0 Å². The molecule has 3 nitrogen and oxygen atoms in total. The van der Waals surface area contributed by atoms with Crippen LogP contribution in [0.5, 0.6) is 0 Å². The summed E-state index contributed by atoms with van der Waals surface area (Å²) >= 11 is 11.6. The Bertz CT molecular complexity index is 608. The van der Waals surface area contributed by atoms with Crippen molar-refractivity contribution in [1.29, 1.82) is 0 Å². The molecule has 105 valence electrons. The Labute approximate surface area is 136 Å². The van der Waals surface area contributed by atoms with Crippen molar-refractivity contribution >= 4 is 70.9 Å². The van der Waals surface area contributed by atoms with E-state index in [4.69, 9.17) is 28.3 Å². The molecule has 7 heteroatoms. The zero-order valence-electron chi connectivity index (χ0n) is 10.1. The van der Waals surface area contributed by atoms with E-state index in [0.29, 0.717) is 4.88 Å². The van der Waals surface area contributed by atoms with Gasteiger partial charge in [-0.2, -0.15) is 0 Å². The third kappa shape index (κ3) is 3.98. The van der Waals surface area contributed by atoms with Gasteiger partial charge in [-0.15, -0.1) is 0 Å². The number of hydrogen-bond donors (Lipinski definition) is 1. The summed E-state index contributed by atoms with van der Waals surface area (Å²) in [5.74, 6) is -1.01. The van der Waals surface area contributed by atoms with Gasteiger partial charge in [0, 0.05) is 0 Å². The van der Waals surface area contributed by atoms with Gasteiger partial charge in [0.25, 0.3) is 0 Å². The van der Waals surface area contributed by atoms with Crippen molar-refractivity contribution in [3.8, 4) is 0 Å². The summed E-state index contributed by atoms with van der Waals surface area (Å²) in [6.07, 6.45) is 0.106. The van der Waals surface area contributed by atoms with E-state index >= 15 is 0 Å². The molecule has 0 saturated heterocycles. The second-order valence-electron chi connectivity index (χ2n) is 4.06. The van der Waals surface area contributed by atoms with Gasteiger partial charge < -0.3 is 0 Å². The molecule has 1 atom stereocenters. The summed E-state index contributed by atoms with van der Waals surface area (Å²) in [5, 5.41) is 10.1. The van der Waals surface area contributed by atoms with Crippen molar-refractivity contribution in [2.45, 2.75) is 16.0 Å². The van der Waals surface area contributed by atoms with Gasteiger partial charge in [0.15, 0.2) is 0 Å². The molecule has 1 heterocycles. The van der Waals surface area contributed by atoms with E-state index in [1.165, 1.54) is 11.3 Å². The Balaban J connectivity index is 2.15. The molecule has 1 N–H and O–H groups in total. The fraction of sp³-hybridized carbons (Fsp3) is 0.231. The monoisotopic (exact) mass is 391 g/mol. The molecule has 0 fully saturated rings. The zero-order valence-corrected chi connectivity index (χ0v) is 14.3. The second-order valence-corrected chi connectivity index (χ2v) is 9.13. The van der Waals surface area contributed by atoms with E-state index in [0.717, 1.165) is 10.1 Å². The molecule has 0 spiro atoms. The van der Waals surface area contributed by atoms with Crippen LogP contribution in [-0.2, 0) is 4.79 Å². The Morgan fingerprint density at radius 3 is 2.60 bits per heavy atom. The number of hydrogen-bond acceptors (Lipinski definition) is 3. The summed E-state index contributed by atoms with van der Waals surface area (Å²) < 4.78 is 0.171. The van der Waals surface area contributed by atoms with Gasteiger partial charge in [-0.1, -0.05) is 0 Å². The van der Waals surface area contributed by atoms with Crippen molar-refractivity contribution in [3.05, 3.63) is 35.2 Å². The van der Waals surface area contributed by atoms with Gasteiger partial charge in [0.05, 0.1) is 0 Å². The summed E-state index contributed by atoms with van der Waals surface area (Å²) in [6.45, 7) is 0. The second kappa shape index (κ2) is 6.95. The van der Waals surface area contributed by atoms with E-state index in [1.807, 2.05) is 30.3 Å². The first-order valence-electron chi connectivity index (χ1n) is 5.72. The minimum atomic E-state index is -1.03. The average Bonchev–Trinajstić information content (AvgIpc) is 2.81. The Kier molecular flexibility index (Phi) is 5.50. The van der Waals surface area contributed by atoms with Crippen LogP contribution < -0.4 is 0 Å². The van der Waals surface area contributed by atoms with E-state index in [-0.39, 0.29) is 11.0 Å². The normalized spacial score (nSPS) is 13.3. The van der Waals surface area contributed by atoms with Gasteiger partial charge in [0.1, 0.15) is 0 Å². The van der Waals surface area contributed by atoms with Crippen LogP contribution in [0.3, 0.4) is 0 Å². The van der Waals surface area contributed by atoms with Crippen LogP contribution >= 0.6 is 34.5 Å². The third-order valence-corrected chi connectivity index (χ3v) is 6.95. The molecular weight excluding hydrogens is 382 g/mol. The maximum absolute atomic E-state index is 12.2. The van der Waals surface area contributed by atoms with Gasteiger partial charge in [0.2, 0.25) is 0 Å². The summed E-state index contributed by atoms with van der Waals surface area (Å²) in [5.41, 5.74) is 0. The first kappa shape index (κ1) is 15.8. The van der Waals surface area contributed by atoms with E-state index in [1.54, 1.807) is 0 Å². The number of alkyl halides is 2. The number of carbonyl (C=O) groups is 2. The van der Waals surface area contributed by atoms with Crippen LogP contribution in [0.25, 0.3) is 10.1 Å². The van der Waals surface area contributed by atoms with Gasteiger partial charge in [-0.3, -0.25) is 0 Å². The summed E-state index contributed by atoms with van der Waals surface area (Å²) in [7, 11) is 0. The number of carbonyl (C=O) groups excluding carboxylic acids is 1. The molecule has 0 amide bonds. The van der Waals surface area contributed by atoms with Gasteiger partial charge >= 0.3 is 137 Å². The molecule has 2 rings (SSSR count). The molecule has 0 unspecified atom stereocenters. The zero-order chi connectivity index (χ0) is 14.7. The van der Waals surface area contributed by atoms with Crippen LogP contribution in [-0.4, -0.2) is 36.2 Å². The van der Waals surface area contributed by atoms with E-state index in [2.05, 4.69) is 0 Å². The average molecular weight is 392 g/mol. The molecule has 1 aromatic heterocycles. The van der Waals surface area contributed by atoms with Gasteiger partial charge in [-0.05, 0) is 0 Å². The van der Waals surface area contributed by atoms with Gasteiger partial charge in [-0.25, -0.2) is 0 Å². The molecule has 20 heavy (non-hydrogen) atoms. The molecule has 2 aromatic rings. The topological polar surface area (TPSA) is 54.4 Å². The fourth-order valence-electron chi connectivity index (χ4n) is 1.67. The SMILES string of the molecule is O=C([As][C@@H](CC(Cl)Cl)C(=O)O)c1cc2ccccc2s1. The number of carboxylic acids is 1. The maximum atomic E-state index is 12.2. The third-order valence-electron chi connectivity index (χ3n) is 2.60. The van der Waals surface area contributed by atoms with E-state index < -0.39 is 31.3 Å². The number of rotatable bonds is 6. The molecular formula is C13H10AsCl2O3S. The van der Waals surface area contributed by atoms with Crippen LogP contribution in [0.4, 0.5) is 0 Å². The van der Waals surface area contributed by atoms with Crippen LogP contribution in [0.1, 0.15) is 16.1 Å². The quantitative estimate of drug-likeness (QED) is 0.601. The van der Waals surface area contributed by atoms with Crippen LogP contribution in [0.2, 0.25) is 4.71 Å². The first-order chi connectivity index (χ1) is 9.47. The predicted molar refractivity (Wildman–Crippen MR) is 83.4 cm³/mol. The molecule has 0 aliphatic rings. The van der Waals surface area contributed by atoms with Crippen molar-refractivity contribution < 1.29 is 14.7 Å². The van der Waals surface area contributed by atoms with Crippen LogP contribution in [0.15, 0.2) is 30.3 Å².